The molecule has 4 nitrogen and oxygen atoms in total. The number of hydrogen-bond acceptors (Lipinski definition) is 3. The minimum absolute atomic E-state index is 0.0475. The molecule has 1 unspecified atom stereocenters. The fourth-order valence-corrected chi connectivity index (χ4v) is 1.82. The molecule has 21 heavy (non-hydrogen) atoms. The first-order valence-electron chi connectivity index (χ1n) is 6.97. The van der Waals surface area contributed by atoms with E-state index in [4.69, 9.17) is 10.5 Å². The molecule has 0 aliphatic rings. The van der Waals surface area contributed by atoms with Gasteiger partial charge in [0.2, 0.25) is 5.91 Å². The Morgan fingerprint density at radius 2 is 2.05 bits per heavy atom. The molecule has 0 radical (unpaired) electrons. The van der Waals surface area contributed by atoms with Crippen molar-refractivity contribution in [3.05, 3.63) is 29.6 Å². The minimum Gasteiger partial charge on any atom is -0.494 e. The van der Waals surface area contributed by atoms with Crippen LogP contribution < -0.4 is 10.5 Å². The predicted octanol–water partition coefficient (Wildman–Crippen LogP) is 2.56. The van der Waals surface area contributed by atoms with Crippen LogP contribution in [-0.4, -0.2) is 31.0 Å². The largest absolute Gasteiger partial charge is 0.494 e. The monoisotopic (exact) mass is 296 g/mol. The molecule has 0 bridgehead atoms. The van der Waals surface area contributed by atoms with Gasteiger partial charge in [0, 0.05) is 26.1 Å². The van der Waals surface area contributed by atoms with Crippen molar-refractivity contribution in [2.75, 3.05) is 14.2 Å². The van der Waals surface area contributed by atoms with Gasteiger partial charge in [0.25, 0.3) is 0 Å². The first-order valence-corrected chi connectivity index (χ1v) is 6.97. The zero-order valence-electron chi connectivity index (χ0n) is 13.4. The summed E-state index contributed by atoms with van der Waals surface area (Å²) in [7, 11) is 3.11. The van der Waals surface area contributed by atoms with Gasteiger partial charge >= 0.3 is 0 Å². The van der Waals surface area contributed by atoms with Crippen LogP contribution in [0.3, 0.4) is 0 Å². The van der Waals surface area contributed by atoms with Crippen molar-refractivity contribution in [1.82, 2.24) is 4.90 Å². The van der Waals surface area contributed by atoms with Crippen molar-refractivity contribution in [1.29, 1.82) is 0 Å². The second-order valence-corrected chi connectivity index (χ2v) is 6.40. The highest BCUT2D eigenvalue weighted by Gasteiger charge is 2.24. The van der Waals surface area contributed by atoms with E-state index in [2.05, 4.69) is 0 Å². The third kappa shape index (κ3) is 5.01. The Morgan fingerprint density at radius 1 is 1.43 bits per heavy atom. The van der Waals surface area contributed by atoms with Crippen LogP contribution in [0.2, 0.25) is 0 Å². The van der Waals surface area contributed by atoms with Crippen molar-refractivity contribution in [3.63, 3.8) is 0 Å². The Hall–Kier alpha value is -1.62. The summed E-state index contributed by atoms with van der Waals surface area (Å²) < 4.78 is 18.5. The highest BCUT2D eigenvalue weighted by molar-refractivity contribution is 5.76. The summed E-state index contributed by atoms with van der Waals surface area (Å²) in [4.78, 5) is 13.7. The summed E-state index contributed by atoms with van der Waals surface area (Å²) in [5.74, 6) is -0.279. The van der Waals surface area contributed by atoms with Crippen molar-refractivity contribution in [3.8, 4) is 5.75 Å². The summed E-state index contributed by atoms with van der Waals surface area (Å²) in [6.45, 7) is 6.36. The maximum absolute atomic E-state index is 13.6. The molecule has 1 rings (SSSR count). The predicted molar refractivity (Wildman–Crippen MR) is 81.5 cm³/mol. The summed E-state index contributed by atoms with van der Waals surface area (Å²) in [6, 6.07) is 4.48. The SMILES string of the molecule is COc1ccc(CN(C)C(=O)CC(N)C(C)(C)C)cc1F. The van der Waals surface area contributed by atoms with E-state index in [9.17, 15) is 9.18 Å². The average molecular weight is 296 g/mol. The lowest BCUT2D eigenvalue weighted by atomic mass is 9.85. The molecule has 0 spiro atoms. The van der Waals surface area contributed by atoms with Crippen LogP contribution in [0.1, 0.15) is 32.8 Å². The fourth-order valence-electron chi connectivity index (χ4n) is 1.82. The van der Waals surface area contributed by atoms with E-state index >= 15 is 0 Å². The highest BCUT2D eigenvalue weighted by atomic mass is 19.1. The van der Waals surface area contributed by atoms with Crippen molar-refractivity contribution in [2.45, 2.75) is 39.8 Å². The second-order valence-electron chi connectivity index (χ2n) is 6.40. The molecule has 0 saturated carbocycles. The summed E-state index contributed by atoms with van der Waals surface area (Å²) in [6.07, 6.45) is 0.276. The molecule has 0 aromatic heterocycles. The molecular formula is C16H25FN2O2. The molecule has 0 aliphatic heterocycles. The standard InChI is InChI=1S/C16H25FN2O2/c1-16(2,3)14(18)9-15(20)19(4)10-11-6-7-13(21-5)12(17)8-11/h6-8,14H,9-10,18H2,1-5H3. The number of nitrogens with two attached hydrogens (primary N) is 1. The van der Waals surface area contributed by atoms with Gasteiger partial charge in [-0.15, -0.1) is 0 Å². The molecule has 118 valence electrons. The van der Waals surface area contributed by atoms with E-state index in [-0.39, 0.29) is 29.5 Å². The molecule has 1 atom stereocenters. The van der Waals surface area contributed by atoms with Gasteiger partial charge in [0.05, 0.1) is 7.11 Å². The molecule has 0 heterocycles. The highest BCUT2D eigenvalue weighted by Crippen LogP contribution is 2.21. The van der Waals surface area contributed by atoms with E-state index in [1.807, 2.05) is 20.8 Å². The Morgan fingerprint density at radius 3 is 2.52 bits per heavy atom. The van der Waals surface area contributed by atoms with E-state index < -0.39 is 5.82 Å². The molecule has 0 saturated heterocycles. The first-order chi connectivity index (χ1) is 9.65. The van der Waals surface area contributed by atoms with Crippen molar-refractivity contribution < 1.29 is 13.9 Å². The summed E-state index contributed by atoms with van der Waals surface area (Å²) >= 11 is 0. The Kier molecular flexibility index (Phi) is 5.72. The third-order valence-electron chi connectivity index (χ3n) is 3.57. The lowest BCUT2D eigenvalue weighted by Crippen LogP contribution is -2.40. The number of ether oxygens (including phenoxy) is 1. The van der Waals surface area contributed by atoms with E-state index in [0.717, 1.165) is 0 Å². The van der Waals surface area contributed by atoms with Gasteiger partial charge in [-0.25, -0.2) is 4.39 Å². The molecule has 2 N–H and O–H groups in total. The normalized spacial score (nSPS) is 12.9. The molecule has 1 aromatic rings. The molecule has 1 amide bonds. The van der Waals surface area contributed by atoms with Crippen LogP contribution >= 0.6 is 0 Å². The van der Waals surface area contributed by atoms with Gasteiger partial charge in [-0.3, -0.25) is 4.79 Å². The van der Waals surface area contributed by atoms with Crippen LogP contribution in [-0.2, 0) is 11.3 Å². The molecule has 0 aliphatic carbocycles. The smallest absolute Gasteiger partial charge is 0.224 e. The number of amides is 1. The second kappa shape index (κ2) is 6.89. The topological polar surface area (TPSA) is 55.6 Å². The Bertz CT molecular complexity index is 498. The Balaban J connectivity index is 2.66. The first kappa shape index (κ1) is 17.4. The van der Waals surface area contributed by atoms with Crippen LogP contribution in [0, 0.1) is 11.2 Å². The summed E-state index contributed by atoms with van der Waals surface area (Å²) in [5.41, 5.74) is 6.61. The number of halogens is 1. The number of hydrogen-bond donors (Lipinski definition) is 1. The zero-order chi connectivity index (χ0) is 16.2. The van der Waals surface area contributed by atoms with Gasteiger partial charge in [-0.1, -0.05) is 26.8 Å². The van der Waals surface area contributed by atoms with Gasteiger partial charge < -0.3 is 15.4 Å². The third-order valence-corrected chi connectivity index (χ3v) is 3.57. The van der Waals surface area contributed by atoms with E-state index in [0.29, 0.717) is 12.1 Å². The van der Waals surface area contributed by atoms with Gasteiger partial charge in [0.1, 0.15) is 0 Å². The number of nitrogens with zero attached hydrogens (tertiary/aromatic N) is 1. The van der Waals surface area contributed by atoms with Gasteiger partial charge in [0.15, 0.2) is 11.6 Å². The lowest BCUT2D eigenvalue weighted by molar-refractivity contribution is -0.131. The molecule has 1 aromatic carbocycles. The summed E-state index contributed by atoms with van der Waals surface area (Å²) in [5, 5.41) is 0. The van der Waals surface area contributed by atoms with Gasteiger partial charge in [-0.2, -0.15) is 0 Å². The number of carbonyl (C=O) groups is 1. The lowest BCUT2D eigenvalue weighted by Gasteiger charge is -2.28. The van der Waals surface area contributed by atoms with Crippen LogP contribution in [0.25, 0.3) is 0 Å². The molecular weight excluding hydrogens is 271 g/mol. The average Bonchev–Trinajstić information content (AvgIpc) is 2.37. The Labute approximate surface area is 126 Å². The quantitative estimate of drug-likeness (QED) is 0.908. The number of carbonyl (C=O) groups excluding carboxylic acids is 1. The number of methoxy groups -OCH3 is 1. The van der Waals surface area contributed by atoms with E-state index in [1.54, 1.807) is 24.1 Å². The minimum atomic E-state index is -0.428. The maximum atomic E-state index is 13.6. The zero-order valence-corrected chi connectivity index (χ0v) is 13.4. The fraction of sp³-hybridized carbons (Fsp3) is 0.562. The van der Waals surface area contributed by atoms with Crippen LogP contribution in [0.15, 0.2) is 18.2 Å². The molecule has 5 heteroatoms. The van der Waals surface area contributed by atoms with E-state index in [1.165, 1.54) is 13.2 Å². The molecule has 0 fully saturated rings. The van der Waals surface area contributed by atoms with Crippen molar-refractivity contribution >= 4 is 5.91 Å². The maximum Gasteiger partial charge on any atom is 0.224 e. The van der Waals surface area contributed by atoms with Crippen LogP contribution in [0.5, 0.6) is 5.75 Å². The van der Waals surface area contributed by atoms with Crippen LogP contribution in [0.4, 0.5) is 4.39 Å². The number of rotatable bonds is 5. The number of benzene rings is 1. The van der Waals surface area contributed by atoms with Crippen molar-refractivity contribution in [2.24, 2.45) is 11.1 Å². The van der Waals surface area contributed by atoms with Gasteiger partial charge in [-0.05, 0) is 23.1 Å².